The van der Waals surface area contributed by atoms with E-state index < -0.39 is 0 Å². The fraction of sp³-hybridized carbons (Fsp3) is 0. The zero-order chi connectivity index (χ0) is 10.3. The number of benzene rings is 2. The molecule has 0 aliphatic carbocycles. The van der Waals surface area contributed by atoms with Crippen LogP contribution in [-0.2, 0) is 0 Å². The first-order chi connectivity index (χ1) is 7.45. The summed E-state index contributed by atoms with van der Waals surface area (Å²) in [6, 6.07) is 21.8. The summed E-state index contributed by atoms with van der Waals surface area (Å²) < 4.78 is 0. The van der Waals surface area contributed by atoms with Crippen molar-refractivity contribution < 1.29 is 0 Å². The molecule has 0 aromatic heterocycles. The van der Waals surface area contributed by atoms with Gasteiger partial charge >= 0.3 is 0 Å². The smallest absolute Gasteiger partial charge is 0.109 e. The molecule has 0 bridgehead atoms. The third-order valence-corrected chi connectivity index (χ3v) is 11.1. The van der Waals surface area contributed by atoms with Crippen LogP contribution in [0, 0.1) is 0 Å². The molecule has 76 valence electrons. The molecule has 0 N–H and O–H groups in total. The molecule has 0 saturated carbocycles. The van der Waals surface area contributed by atoms with Crippen molar-refractivity contribution in [1.29, 1.82) is 0 Å². The molecule has 0 amide bonds. The van der Waals surface area contributed by atoms with Crippen LogP contribution in [0.3, 0.4) is 0 Å². The molecule has 0 fully saturated rings. The number of hydrogen-bond donors (Lipinski definition) is 0. The first-order valence-corrected chi connectivity index (χ1v) is 11.1. The summed E-state index contributed by atoms with van der Waals surface area (Å²) in [5, 5.41) is 3.15. The Morgan fingerprint density at radius 1 is 0.600 bits per heavy atom. The highest BCUT2D eigenvalue weighted by Crippen LogP contribution is 1.95. The van der Waals surface area contributed by atoms with Gasteiger partial charge in [-0.05, 0) is 0 Å². The van der Waals surface area contributed by atoms with Gasteiger partial charge in [0.2, 0.25) is 0 Å². The number of hydrogen-bond acceptors (Lipinski definition) is 1. The zero-order valence-corrected chi connectivity index (χ0v) is 12.2. The molecule has 0 unspecified atom stereocenters. The third kappa shape index (κ3) is 3.70. The van der Waals surface area contributed by atoms with Crippen molar-refractivity contribution in [3.05, 3.63) is 60.7 Å². The maximum Gasteiger partial charge on any atom is 0.109 e. The van der Waals surface area contributed by atoms with Gasteiger partial charge in [-0.2, -0.15) is 0 Å². The lowest BCUT2D eigenvalue weighted by Crippen LogP contribution is -2.16. The maximum absolute atomic E-state index is 2.26. The van der Waals surface area contributed by atoms with Gasteiger partial charge in [-0.3, -0.25) is 0 Å². The summed E-state index contributed by atoms with van der Waals surface area (Å²) in [5.74, 6) is 0. The highest BCUT2D eigenvalue weighted by Gasteiger charge is 1.95. The molecule has 0 nitrogen and oxygen atoms in total. The summed E-state index contributed by atoms with van der Waals surface area (Å²) in [6.45, 7) is 0. The van der Waals surface area contributed by atoms with E-state index in [1.54, 1.807) is 10.4 Å². The Hall–Kier alpha value is -0.776. The van der Waals surface area contributed by atoms with Crippen molar-refractivity contribution in [2.75, 3.05) is 0 Å². The normalized spacial score (nSPS) is 11.7. The molecule has 0 spiro atoms. The Kier molecular flexibility index (Phi) is 4.26. The lowest BCUT2D eigenvalue weighted by atomic mass is 10.4. The molecule has 3 heteroatoms. The van der Waals surface area contributed by atoms with E-state index in [-0.39, 0.29) is 17.3 Å². The van der Waals surface area contributed by atoms with E-state index in [9.17, 15) is 0 Å². The van der Waals surface area contributed by atoms with Crippen LogP contribution >= 0.6 is 10.7 Å². The van der Waals surface area contributed by atoms with E-state index in [0.717, 1.165) is 0 Å². The van der Waals surface area contributed by atoms with E-state index in [0.29, 0.717) is 0 Å². The fourth-order valence-corrected chi connectivity index (χ4v) is 11.0. The molecule has 2 rings (SSSR count). The molecular weight excluding hydrogens is 232 g/mol. The Bertz CT molecular complexity index is 349. The van der Waals surface area contributed by atoms with E-state index in [1.807, 2.05) is 0 Å². The largest absolute Gasteiger partial charge is 0.210 e. The van der Waals surface area contributed by atoms with Gasteiger partial charge in [-0.15, -0.1) is 0 Å². The average molecular weight is 246 g/mol. The van der Waals surface area contributed by atoms with Crippen LogP contribution < -0.4 is 10.4 Å². The molecule has 0 aliphatic rings. The Labute approximate surface area is 99.0 Å². The Morgan fingerprint density at radius 3 is 1.40 bits per heavy atom. The van der Waals surface area contributed by atoms with Crippen LogP contribution in [0.4, 0.5) is 0 Å². The minimum absolute atomic E-state index is 0.0768. The zero-order valence-electron chi connectivity index (χ0n) is 8.60. The molecule has 0 aliphatic heterocycles. The third-order valence-electron chi connectivity index (χ3n) is 2.22. The molecule has 0 saturated heterocycles. The average Bonchev–Trinajstić information content (AvgIpc) is 2.32. The molecule has 2 aromatic rings. The van der Waals surface area contributed by atoms with Crippen molar-refractivity contribution in [3.8, 4) is 0 Å². The topological polar surface area (TPSA) is 0 Å². The molecule has 0 radical (unpaired) electrons. The molecule has 0 heterocycles. The van der Waals surface area contributed by atoms with E-state index in [4.69, 9.17) is 0 Å². The van der Waals surface area contributed by atoms with Crippen LogP contribution in [0.2, 0.25) is 0 Å². The Morgan fingerprint density at radius 2 is 1.00 bits per heavy atom. The van der Waals surface area contributed by atoms with Gasteiger partial charge in [-0.25, -0.2) is 10.7 Å². The summed E-state index contributed by atoms with van der Waals surface area (Å²) >= 11 is 0. The van der Waals surface area contributed by atoms with E-state index in [1.165, 1.54) is 0 Å². The predicted molar refractivity (Wildman–Crippen MR) is 76.8 cm³/mol. The predicted octanol–water partition coefficient (Wildman–Crippen LogP) is 0.538. The van der Waals surface area contributed by atoms with Gasteiger partial charge in [0.15, 0.2) is 0 Å². The van der Waals surface area contributed by atoms with Crippen molar-refractivity contribution >= 4 is 38.4 Å². The fourth-order valence-electron chi connectivity index (χ4n) is 1.44. The van der Waals surface area contributed by atoms with Crippen molar-refractivity contribution in [1.82, 2.24) is 0 Å². The van der Waals surface area contributed by atoms with Gasteiger partial charge in [-0.1, -0.05) is 71.0 Å². The van der Waals surface area contributed by atoms with Crippen LogP contribution in [0.15, 0.2) is 60.7 Å². The second kappa shape index (κ2) is 5.95. The molecule has 2 aromatic carbocycles. The summed E-state index contributed by atoms with van der Waals surface area (Å²) in [7, 11) is 2.08. The van der Waals surface area contributed by atoms with Gasteiger partial charge in [0, 0.05) is 0 Å². The minimum Gasteiger partial charge on any atom is -0.210 e. The number of rotatable bonds is 4. The van der Waals surface area contributed by atoms with Gasteiger partial charge < -0.3 is 0 Å². The lowest BCUT2D eigenvalue weighted by Gasteiger charge is -2.00. The van der Waals surface area contributed by atoms with Gasteiger partial charge in [0.05, 0.1) is 0 Å². The summed E-state index contributed by atoms with van der Waals surface area (Å²) in [4.78, 5) is 0. The van der Waals surface area contributed by atoms with Crippen LogP contribution in [0.25, 0.3) is 0 Å². The highest BCUT2D eigenvalue weighted by molar-refractivity contribution is 8.42. The first kappa shape index (κ1) is 10.7. The monoisotopic (exact) mass is 246 g/mol. The standard InChI is InChI=1S/C12H14SSi2/c1-3-7-11(8-4-1)14-13-15-12-9-5-2-6-10-12/h1-10H,14-15H2. The van der Waals surface area contributed by atoms with Gasteiger partial charge in [0.25, 0.3) is 0 Å². The van der Waals surface area contributed by atoms with Crippen LogP contribution in [-0.4, -0.2) is 17.3 Å². The SMILES string of the molecule is c1ccc([SiH2]S[SiH2]c2ccccc2)cc1. The Balaban J connectivity index is 1.81. The first-order valence-electron chi connectivity index (χ1n) is 5.11. The maximum atomic E-state index is 2.26. The van der Waals surface area contributed by atoms with Gasteiger partial charge in [0.1, 0.15) is 17.3 Å². The van der Waals surface area contributed by atoms with Crippen molar-refractivity contribution in [2.45, 2.75) is 0 Å². The minimum atomic E-state index is -0.0768. The van der Waals surface area contributed by atoms with Crippen molar-refractivity contribution in [3.63, 3.8) is 0 Å². The quantitative estimate of drug-likeness (QED) is 0.710. The summed E-state index contributed by atoms with van der Waals surface area (Å²) in [5.41, 5.74) is 0. The molecule has 15 heavy (non-hydrogen) atoms. The van der Waals surface area contributed by atoms with E-state index >= 15 is 0 Å². The second-order valence-electron chi connectivity index (χ2n) is 3.46. The lowest BCUT2D eigenvalue weighted by molar-refractivity contribution is 1.77. The highest BCUT2D eigenvalue weighted by atomic mass is 32.5. The molecule has 0 atom stereocenters. The van der Waals surface area contributed by atoms with Crippen LogP contribution in [0.1, 0.15) is 0 Å². The summed E-state index contributed by atoms with van der Waals surface area (Å²) in [6.07, 6.45) is 0. The molecular formula is C12H14SSi2. The second-order valence-corrected chi connectivity index (χ2v) is 12.7. The van der Waals surface area contributed by atoms with Crippen LogP contribution in [0.5, 0.6) is 0 Å². The van der Waals surface area contributed by atoms with Crippen molar-refractivity contribution in [2.24, 2.45) is 0 Å². The van der Waals surface area contributed by atoms with E-state index in [2.05, 4.69) is 71.3 Å².